The number of carbonyl (C=O) groups excluding carboxylic acids is 1. The molecule has 66 valence electrons. The predicted octanol–water partition coefficient (Wildman–Crippen LogP) is -1.57. The molecule has 0 saturated carbocycles. The highest BCUT2D eigenvalue weighted by atomic mass is 16.5. The molecule has 0 unspecified atom stereocenters. The van der Waals surface area contributed by atoms with Gasteiger partial charge >= 0.3 is 13.1 Å². The van der Waals surface area contributed by atoms with Crippen LogP contribution in [0.3, 0.4) is 0 Å². The number of pyridine rings is 1. The van der Waals surface area contributed by atoms with Crippen LogP contribution in [0, 0.1) is 0 Å². The molecule has 0 fully saturated rings. The summed E-state index contributed by atoms with van der Waals surface area (Å²) in [5.74, 6) is -0.468. The Bertz CT molecular complexity index is 366. The van der Waals surface area contributed by atoms with Crippen LogP contribution in [-0.2, 0) is 11.3 Å². The second-order valence-corrected chi connectivity index (χ2v) is 2.70. The van der Waals surface area contributed by atoms with E-state index in [9.17, 15) is 4.79 Å². The van der Waals surface area contributed by atoms with E-state index in [1.807, 2.05) is 0 Å². The minimum absolute atomic E-state index is 0.0869. The molecule has 1 aliphatic rings. The van der Waals surface area contributed by atoms with Gasteiger partial charge in [0.15, 0.2) is 0 Å². The van der Waals surface area contributed by atoms with Crippen LogP contribution in [0.15, 0.2) is 12.4 Å². The zero-order valence-electron chi connectivity index (χ0n) is 6.60. The Morgan fingerprint density at radius 1 is 1.46 bits per heavy atom. The molecule has 1 aromatic heterocycles. The van der Waals surface area contributed by atoms with Crippen LogP contribution >= 0.6 is 0 Å². The maximum absolute atomic E-state index is 11.0. The van der Waals surface area contributed by atoms with E-state index in [0.717, 1.165) is 0 Å². The minimum atomic E-state index is -1.61. The number of esters is 1. The molecule has 13 heavy (non-hydrogen) atoms. The number of hydrogen-bond donors (Lipinski definition) is 2. The highest BCUT2D eigenvalue weighted by Crippen LogP contribution is 2.16. The molecule has 5 nitrogen and oxygen atoms in total. The molecule has 0 bridgehead atoms. The van der Waals surface area contributed by atoms with Crippen molar-refractivity contribution in [1.82, 2.24) is 4.98 Å². The topological polar surface area (TPSA) is 79.7 Å². The summed E-state index contributed by atoms with van der Waals surface area (Å²) in [7, 11) is -1.61. The Morgan fingerprint density at radius 3 is 2.92 bits per heavy atom. The first-order valence-corrected chi connectivity index (χ1v) is 3.70. The quantitative estimate of drug-likeness (QED) is 0.402. The first-order chi connectivity index (χ1) is 6.20. The summed E-state index contributed by atoms with van der Waals surface area (Å²) in [5, 5.41) is 17.8. The molecule has 2 heterocycles. The smallest absolute Gasteiger partial charge is 0.457 e. The van der Waals surface area contributed by atoms with Gasteiger partial charge in [-0.25, -0.2) is 4.79 Å². The van der Waals surface area contributed by atoms with Gasteiger partial charge in [-0.05, 0) is 0 Å². The Kier molecular flexibility index (Phi) is 1.79. The second kappa shape index (κ2) is 2.83. The molecule has 0 aromatic carbocycles. The first-order valence-electron chi connectivity index (χ1n) is 3.70. The molecule has 0 atom stereocenters. The lowest BCUT2D eigenvalue weighted by Gasteiger charge is -2.02. The number of carbonyl (C=O) groups is 1. The Hall–Kier alpha value is -1.40. The third-order valence-corrected chi connectivity index (χ3v) is 1.94. The Labute approximate surface area is 74.1 Å². The summed E-state index contributed by atoms with van der Waals surface area (Å²) in [6.07, 6.45) is 2.67. The molecule has 2 rings (SSSR count). The van der Waals surface area contributed by atoms with Crippen molar-refractivity contribution in [2.75, 3.05) is 0 Å². The molecule has 6 heteroatoms. The van der Waals surface area contributed by atoms with Gasteiger partial charge in [-0.2, -0.15) is 0 Å². The minimum Gasteiger partial charge on any atom is -0.457 e. The van der Waals surface area contributed by atoms with E-state index in [0.29, 0.717) is 11.1 Å². The largest absolute Gasteiger partial charge is 0.490 e. The number of fused-ring (bicyclic) bond motifs is 1. The molecule has 2 N–H and O–H groups in total. The fourth-order valence-corrected chi connectivity index (χ4v) is 1.28. The third kappa shape index (κ3) is 1.20. The van der Waals surface area contributed by atoms with Gasteiger partial charge in [0.2, 0.25) is 0 Å². The molecule has 1 aliphatic heterocycles. The third-order valence-electron chi connectivity index (χ3n) is 1.94. The molecular weight excluding hydrogens is 173 g/mol. The lowest BCUT2D eigenvalue weighted by molar-refractivity contribution is 0.0535. The van der Waals surface area contributed by atoms with Gasteiger partial charge in [0.1, 0.15) is 6.61 Å². The molecule has 0 amide bonds. The molecule has 0 spiro atoms. The number of rotatable bonds is 1. The predicted molar refractivity (Wildman–Crippen MR) is 43.2 cm³/mol. The van der Waals surface area contributed by atoms with E-state index in [2.05, 4.69) is 4.98 Å². The second-order valence-electron chi connectivity index (χ2n) is 2.70. The van der Waals surface area contributed by atoms with E-state index < -0.39 is 13.1 Å². The average Bonchev–Trinajstić information content (AvgIpc) is 2.48. The van der Waals surface area contributed by atoms with Crippen LogP contribution in [0.4, 0.5) is 0 Å². The zero-order valence-corrected chi connectivity index (χ0v) is 6.60. The Morgan fingerprint density at radius 2 is 2.23 bits per heavy atom. The summed E-state index contributed by atoms with van der Waals surface area (Å²) in [4.78, 5) is 14.7. The monoisotopic (exact) mass is 179 g/mol. The number of cyclic esters (lactones) is 1. The van der Waals surface area contributed by atoms with Crippen molar-refractivity contribution >= 4 is 18.6 Å². The zero-order chi connectivity index (χ0) is 9.42. The summed E-state index contributed by atoms with van der Waals surface area (Å²) in [6.45, 7) is 0.0869. The summed E-state index contributed by atoms with van der Waals surface area (Å²) in [6, 6.07) is 0. The molecule has 0 aliphatic carbocycles. The number of aromatic nitrogens is 1. The Balaban J connectivity index is 2.57. The van der Waals surface area contributed by atoms with Gasteiger partial charge in [0, 0.05) is 23.4 Å². The summed E-state index contributed by atoms with van der Waals surface area (Å²) < 4.78 is 4.71. The van der Waals surface area contributed by atoms with E-state index in [1.54, 1.807) is 0 Å². The van der Waals surface area contributed by atoms with Crippen molar-refractivity contribution in [2.45, 2.75) is 6.61 Å². The van der Waals surface area contributed by atoms with E-state index >= 15 is 0 Å². The van der Waals surface area contributed by atoms with E-state index in [-0.39, 0.29) is 12.1 Å². The summed E-state index contributed by atoms with van der Waals surface area (Å²) in [5.41, 5.74) is 1.05. The standard InChI is InChI=1S/C7H6BNO4/c10-7-4-1-9-2-6(8(11)12)5(4)3-13-7/h1-2,11-12H,3H2. The van der Waals surface area contributed by atoms with Crippen LogP contribution in [0.25, 0.3) is 0 Å². The SMILES string of the molecule is O=C1OCc2c(B(O)O)cncc21. The van der Waals surface area contributed by atoms with Crippen LogP contribution in [-0.4, -0.2) is 28.1 Å². The molecule has 0 saturated heterocycles. The van der Waals surface area contributed by atoms with Gasteiger partial charge in [0.05, 0.1) is 5.56 Å². The van der Waals surface area contributed by atoms with Crippen molar-refractivity contribution in [1.29, 1.82) is 0 Å². The van der Waals surface area contributed by atoms with Crippen LogP contribution in [0.2, 0.25) is 0 Å². The van der Waals surface area contributed by atoms with Gasteiger partial charge < -0.3 is 14.8 Å². The van der Waals surface area contributed by atoms with Crippen molar-refractivity contribution in [3.05, 3.63) is 23.5 Å². The number of hydrogen-bond acceptors (Lipinski definition) is 5. The fourth-order valence-electron chi connectivity index (χ4n) is 1.28. The van der Waals surface area contributed by atoms with E-state index in [1.165, 1.54) is 12.4 Å². The molecular formula is C7H6BNO4. The number of ether oxygens (including phenoxy) is 1. The fraction of sp³-hybridized carbons (Fsp3) is 0.143. The molecule has 1 aromatic rings. The van der Waals surface area contributed by atoms with Crippen molar-refractivity contribution in [3.63, 3.8) is 0 Å². The van der Waals surface area contributed by atoms with Gasteiger partial charge in [-0.1, -0.05) is 0 Å². The highest BCUT2D eigenvalue weighted by molar-refractivity contribution is 6.59. The van der Waals surface area contributed by atoms with Crippen LogP contribution in [0.1, 0.15) is 15.9 Å². The maximum Gasteiger partial charge on any atom is 0.490 e. The maximum atomic E-state index is 11.0. The normalized spacial score (nSPS) is 13.8. The highest BCUT2D eigenvalue weighted by Gasteiger charge is 2.28. The molecule has 0 radical (unpaired) electrons. The van der Waals surface area contributed by atoms with Gasteiger partial charge in [-0.15, -0.1) is 0 Å². The van der Waals surface area contributed by atoms with Crippen molar-refractivity contribution in [2.24, 2.45) is 0 Å². The lowest BCUT2D eigenvalue weighted by atomic mass is 9.77. The van der Waals surface area contributed by atoms with Crippen molar-refractivity contribution < 1.29 is 19.6 Å². The first kappa shape index (κ1) is 8.21. The van der Waals surface area contributed by atoms with E-state index in [4.69, 9.17) is 14.8 Å². The number of nitrogens with zero attached hydrogens (tertiary/aromatic N) is 1. The average molecular weight is 179 g/mol. The van der Waals surface area contributed by atoms with Gasteiger partial charge in [-0.3, -0.25) is 4.98 Å². The van der Waals surface area contributed by atoms with Crippen LogP contribution < -0.4 is 5.46 Å². The van der Waals surface area contributed by atoms with Gasteiger partial charge in [0.25, 0.3) is 0 Å². The van der Waals surface area contributed by atoms with Crippen molar-refractivity contribution in [3.8, 4) is 0 Å². The lowest BCUT2D eigenvalue weighted by Crippen LogP contribution is -2.33. The van der Waals surface area contributed by atoms with Crippen LogP contribution in [0.5, 0.6) is 0 Å². The summed E-state index contributed by atoms with van der Waals surface area (Å²) >= 11 is 0.